The van der Waals surface area contributed by atoms with Crippen LogP contribution >= 0.6 is 0 Å². The molecule has 7 heteroatoms. The van der Waals surface area contributed by atoms with Gasteiger partial charge in [-0.2, -0.15) is 0 Å². The van der Waals surface area contributed by atoms with Gasteiger partial charge in [0.1, 0.15) is 23.4 Å². The van der Waals surface area contributed by atoms with Crippen molar-refractivity contribution in [3.8, 4) is 11.4 Å². The molecule has 5 rings (SSSR count). The predicted molar refractivity (Wildman–Crippen MR) is 126 cm³/mol. The van der Waals surface area contributed by atoms with Gasteiger partial charge in [-0.15, -0.1) is 0 Å². The smallest absolute Gasteiger partial charge is 0.306 e. The minimum absolute atomic E-state index is 0.132. The Morgan fingerprint density at radius 2 is 1.85 bits per heavy atom. The molecule has 2 aliphatic rings. The van der Waals surface area contributed by atoms with Crippen LogP contribution in [-0.2, 0) is 22.6 Å². The molecule has 1 saturated carbocycles. The Morgan fingerprint density at radius 1 is 1.09 bits per heavy atom. The highest BCUT2D eigenvalue weighted by Crippen LogP contribution is 2.43. The highest BCUT2D eigenvalue weighted by atomic mass is 19.1. The number of ether oxygens (including phenoxy) is 1. The molecule has 6 nitrogen and oxygen atoms in total. The Balaban J connectivity index is 1.45. The zero-order valence-electron chi connectivity index (χ0n) is 19.0. The second kappa shape index (κ2) is 9.79. The number of carbonyl (C=O) groups is 2. The number of amides is 1. The molecule has 1 aliphatic heterocycles. The molecule has 176 valence electrons. The normalized spacial score (nSPS) is 17.9. The molecular formula is C27H28FN3O3. The first-order chi connectivity index (χ1) is 16.6. The molecular weight excluding hydrogens is 433 g/mol. The van der Waals surface area contributed by atoms with Crippen molar-refractivity contribution in [3.63, 3.8) is 0 Å². The number of nitrogens with zero attached hydrogens (tertiary/aromatic N) is 2. The number of imidazole rings is 1. The number of rotatable bonds is 8. The average molecular weight is 462 g/mol. The van der Waals surface area contributed by atoms with Gasteiger partial charge in [-0.25, -0.2) is 9.37 Å². The molecule has 2 fully saturated rings. The van der Waals surface area contributed by atoms with Gasteiger partial charge in [-0.1, -0.05) is 30.3 Å². The molecule has 1 amide bonds. The Labute approximate surface area is 198 Å². The van der Waals surface area contributed by atoms with E-state index in [-0.39, 0.29) is 29.7 Å². The number of hydrogen-bond donors (Lipinski definition) is 1. The van der Waals surface area contributed by atoms with E-state index in [1.807, 2.05) is 30.3 Å². The monoisotopic (exact) mass is 461 g/mol. The third kappa shape index (κ3) is 5.03. The lowest BCUT2D eigenvalue weighted by Gasteiger charge is -2.23. The molecule has 2 heterocycles. The van der Waals surface area contributed by atoms with Crippen LogP contribution in [-0.4, -0.2) is 27.5 Å². The van der Waals surface area contributed by atoms with Crippen molar-refractivity contribution < 1.29 is 18.7 Å². The van der Waals surface area contributed by atoms with Gasteiger partial charge in [0.15, 0.2) is 0 Å². The molecule has 1 aliphatic carbocycles. The Hall–Kier alpha value is -3.48. The highest BCUT2D eigenvalue weighted by molar-refractivity contribution is 5.94. The van der Waals surface area contributed by atoms with Gasteiger partial charge >= 0.3 is 5.97 Å². The van der Waals surface area contributed by atoms with Crippen LogP contribution in [0.4, 0.5) is 4.39 Å². The molecule has 0 bridgehead atoms. The summed E-state index contributed by atoms with van der Waals surface area (Å²) in [4.78, 5) is 29.8. The van der Waals surface area contributed by atoms with E-state index in [1.54, 1.807) is 12.1 Å². The number of aromatic nitrogens is 2. The number of benzene rings is 2. The summed E-state index contributed by atoms with van der Waals surface area (Å²) in [7, 11) is 0. The number of esters is 1. The van der Waals surface area contributed by atoms with Gasteiger partial charge in [0.25, 0.3) is 5.91 Å². The van der Waals surface area contributed by atoms with E-state index in [2.05, 4.69) is 9.88 Å². The van der Waals surface area contributed by atoms with Crippen LogP contribution in [0.1, 0.15) is 66.2 Å². The van der Waals surface area contributed by atoms with Crippen LogP contribution in [0.15, 0.2) is 54.6 Å². The van der Waals surface area contributed by atoms with Crippen LogP contribution < -0.4 is 5.32 Å². The second-order valence-corrected chi connectivity index (χ2v) is 9.06. The minimum atomic E-state index is -0.320. The topological polar surface area (TPSA) is 73.2 Å². The molecule has 34 heavy (non-hydrogen) atoms. The SMILES string of the molecule is O=C1CCCC(CCn2c(-c3ccc(F)cc3)nc(C(=O)NCc3ccccc3)c2C2CC2)O1. The standard InChI is InChI=1S/C27H28FN3O3/c28-21-13-11-20(12-14-21)26-30-24(27(33)29-17-18-5-2-1-3-6-18)25(19-9-10-19)31(26)16-15-22-7-4-8-23(32)34-22/h1-3,5-6,11-14,19,22H,4,7-10,15-17H2,(H,29,33). The molecule has 1 N–H and O–H groups in total. The van der Waals surface area contributed by atoms with E-state index in [0.717, 1.165) is 42.5 Å². The molecule has 1 saturated heterocycles. The maximum Gasteiger partial charge on any atom is 0.306 e. The predicted octanol–water partition coefficient (Wildman–Crippen LogP) is 4.98. The van der Waals surface area contributed by atoms with Crippen LogP contribution in [0.25, 0.3) is 11.4 Å². The Morgan fingerprint density at radius 3 is 2.56 bits per heavy atom. The summed E-state index contributed by atoms with van der Waals surface area (Å²) < 4.78 is 21.2. The maximum absolute atomic E-state index is 13.6. The van der Waals surface area contributed by atoms with Crippen molar-refractivity contribution in [2.24, 2.45) is 0 Å². The largest absolute Gasteiger partial charge is 0.462 e. The van der Waals surface area contributed by atoms with Crippen LogP contribution in [0.2, 0.25) is 0 Å². The number of carbonyl (C=O) groups excluding carboxylic acids is 2. The summed E-state index contributed by atoms with van der Waals surface area (Å²) in [6, 6.07) is 16.0. The lowest BCUT2D eigenvalue weighted by atomic mass is 10.1. The van der Waals surface area contributed by atoms with Crippen LogP contribution in [0, 0.1) is 5.82 Å². The molecule has 1 aromatic heterocycles. The van der Waals surface area contributed by atoms with E-state index in [9.17, 15) is 14.0 Å². The molecule has 0 spiro atoms. The van der Waals surface area contributed by atoms with Crippen molar-refractivity contribution in [2.75, 3.05) is 0 Å². The van der Waals surface area contributed by atoms with Crippen LogP contribution in [0.5, 0.6) is 0 Å². The maximum atomic E-state index is 13.6. The van der Waals surface area contributed by atoms with E-state index in [0.29, 0.717) is 37.4 Å². The quantitative estimate of drug-likeness (QED) is 0.480. The first kappa shape index (κ1) is 22.3. The summed E-state index contributed by atoms with van der Waals surface area (Å²) in [5, 5.41) is 3.01. The molecule has 3 aromatic rings. The first-order valence-corrected chi connectivity index (χ1v) is 12.0. The van der Waals surface area contributed by atoms with E-state index >= 15 is 0 Å². The van der Waals surface area contributed by atoms with E-state index < -0.39 is 0 Å². The molecule has 0 radical (unpaired) electrons. The van der Waals surface area contributed by atoms with Gasteiger partial charge in [-0.3, -0.25) is 9.59 Å². The van der Waals surface area contributed by atoms with Crippen molar-refractivity contribution in [2.45, 2.75) is 63.6 Å². The minimum Gasteiger partial charge on any atom is -0.462 e. The average Bonchev–Trinajstić information content (AvgIpc) is 3.62. The van der Waals surface area contributed by atoms with Gasteiger partial charge in [0.05, 0.1) is 5.69 Å². The second-order valence-electron chi connectivity index (χ2n) is 9.06. The van der Waals surface area contributed by atoms with Crippen LogP contribution in [0.3, 0.4) is 0 Å². The first-order valence-electron chi connectivity index (χ1n) is 12.0. The summed E-state index contributed by atoms with van der Waals surface area (Å²) in [5.74, 6) is 0.238. The summed E-state index contributed by atoms with van der Waals surface area (Å²) in [6.45, 7) is 0.996. The summed E-state index contributed by atoms with van der Waals surface area (Å²) in [6.07, 6.45) is 4.68. The third-order valence-corrected chi connectivity index (χ3v) is 6.46. The molecule has 2 aromatic carbocycles. The Bertz CT molecular complexity index is 1170. The number of halogens is 1. The number of hydrogen-bond acceptors (Lipinski definition) is 4. The molecule has 1 unspecified atom stereocenters. The number of cyclic esters (lactones) is 1. The van der Waals surface area contributed by atoms with Gasteiger partial charge in [0, 0.05) is 37.4 Å². The highest BCUT2D eigenvalue weighted by Gasteiger charge is 2.35. The fourth-order valence-corrected chi connectivity index (χ4v) is 4.56. The van der Waals surface area contributed by atoms with Crippen molar-refractivity contribution in [1.29, 1.82) is 0 Å². The van der Waals surface area contributed by atoms with Crippen molar-refractivity contribution in [3.05, 3.63) is 77.4 Å². The van der Waals surface area contributed by atoms with Crippen molar-refractivity contribution >= 4 is 11.9 Å². The lowest BCUT2D eigenvalue weighted by molar-refractivity contribution is -0.154. The van der Waals surface area contributed by atoms with E-state index in [4.69, 9.17) is 9.72 Å². The summed E-state index contributed by atoms with van der Waals surface area (Å²) >= 11 is 0. The third-order valence-electron chi connectivity index (χ3n) is 6.46. The fourth-order valence-electron chi connectivity index (χ4n) is 4.56. The molecule has 1 atom stereocenters. The van der Waals surface area contributed by atoms with E-state index in [1.165, 1.54) is 12.1 Å². The number of nitrogens with one attached hydrogen (secondary N) is 1. The fraction of sp³-hybridized carbons (Fsp3) is 0.370. The Kier molecular flexibility index (Phi) is 6.43. The van der Waals surface area contributed by atoms with Gasteiger partial charge < -0.3 is 14.6 Å². The zero-order valence-corrected chi connectivity index (χ0v) is 19.0. The van der Waals surface area contributed by atoms with Gasteiger partial charge in [0.2, 0.25) is 0 Å². The van der Waals surface area contributed by atoms with Crippen molar-refractivity contribution in [1.82, 2.24) is 14.9 Å². The summed E-state index contributed by atoms with van der Waals surface area (Å²) in [5.41, 5.74) is 3.12. The zero-order chi connectivity index (χ0) is 23.5. The lowest BCUT2D eigenvalue weighted by Crippen LogP contribution is -2.26. The van der Waals surface area contributed by atoms with Gasteiger partial charge in [-0.05, 0) is 55.5 Å².